The van der Waals surface area contributed by atoms with Crippen molar-refractivity contribution in [2.24, 2.45) is 5.92 Å². The molecule has 9 heteroatoms. The topological polar surface area (TPSA) is 102 Å². The van der Waals surface area contributed by atoms with E-state index in [9.17, 15) is 18.0 Å². The number of hydrogen-bond acceptors (Lipinski definition) is 6. The van der Waals surface area contributed by atoms with Gasteiger partial charge >= 0.3 is 10.1 Å². The number of nitrogens with zero attached hydrogens (tertiary/aromatic N) is 1. The first-order valence-electron chi connectivity index (χ1n) is 10.9. The van der Waals surface area contributed by atoms with Crippen LogP contribution in [0.15, 0.2) is 47.4 Å². The van der Waals surface area contributed by atoms with E-state index in [0.717, 1.165) is 24.8 Å². The van der Waals surface area contributed by atoms with E-state index >= 15 is 0 Å². The Balaban J connectivity index is 1.82. The van der Waals surface area contributed by atoms with Crippen molar-refractivity contribution in [3.63, 3.8) is 0 Å². The molecule has 1 fully saturated rings. The first-order valence-corrected chi connectivity index (χ1v) is 12.3. The molecule has 0 heterocycles. The summed E-state index contributed by atoms with van der Waals surface area (Å²) in [6.45, 7) is 5.64. The average molecular weight is 475 g/mol. The standard InChI is InChI=1S/C24H30N2O6S/c1-16(2)26(24(28)19-6-5-7-19)15-18-8-13-22(31-4)23(14-18)32-33(29,30)21-11-9-20(10-12-21)25-17(3)27/h8-14,16,19H,5-7,15H2,1-4H3,(H,25,27). The maximum Gasteiger partial charge on any atom is 0.339 e. The minimum absolute atomic E-state index is 0.00966. The van der Waals surface area contributed by atoms with Crippen molar-refractivity contribution in [1.29, 1.82) is 0 Å². The van der Waals surface area contributed by atoms with Gasteiger partial charge in [0.15, 0.2) is 11.5 Å². The van der Waals surface area contributed by atoms with Crippen molar-refractivity contribution in [3.05, 3.63) is 48.0 Å². The lowest BCUT2D eigenvalue weighted by Crippen LogP contribution is -2.42. The van der Waals surface area contributed by atoms with Crippen LogP contribution in [0.4, 0.5) is 5.69 Å². The van der Waals surface area contributed by atoms with E-state index in [2.05, 4.69) is 5.32 Å². The Labute approximate surface area is 195 Å². The summed E-state index contributed by atoms with van der Waals surface area (Å²) < 4.78 is 36.4. The van der Waals surface area contributed by atoms with E-state index < -0.39 is 10.1 Å². The number of ether oxygens (including phenoxy) is 1. The van der Waals surface area contributed by atoms with Gasteiger partial charge in [0.1, 0.15) is 4.90 Å². The molecule has 2 aromatic carbocycles. The lowest BCUT2D eigenvalue weighted by Gasteiger charge is -2.34. The number of carbonyl (C=O) groups excluding carboxylic acids is 2. The molecule has 0 radical (unpaired) electrons. The SMILES string of the molecule is COc1ccc(CN(C(=O)C2CCC2)C(C)C)cc1OS(=O)(=O)c1ccc(NC(C)=O)cc1. The molecule has 3 rings (SSSR count). The molecule has 0 saturated heterocycles. The summed E-state index contributed by atoms with van der Waals surface area (Å²) in [5.41, 5.74) is 1.22. The molecular weight excluding hydrogens is 444 g/mol. The minimum Gasteiger partial charge on any atom is -0.493 e. The van der Waals surface area contributed by atoms with Crippen LogP contribution in [-0.2, 0) is 26.3 Å². The van der Waals surface area contributed by atoms with Crippen molar-refractivity contribution in [1.82, 2.24) is 4.90 Å². The summed E-state index contributed by atoms with van der Waals surface area (Å²) in [4.78, 5) is 25.7. The van der Waals surface area contributed by atoms with Crippen LogP contribution in [-0.4, -0.2) is 38.3 Å². The van der Waals surface area contributed by atoms with Crippen LogP contribution in [0.25, 0.3) is 0 Å². The second-order valence-electron chi connectivity index (χ2n) is 8.42. The second-order valence-corrected chi connectivity index (χ2v) is 9.96. The van der Waals surface area contributed by atoms with Crippen LogP contribution in [0, 0.1) is 5.92 Å². The lowest BCUT2D eigenvalue weighted by molar-refractivity contribution is -0.140. The number of amides is 2. The van der Waals surface area contributed by atoms with Crippen molar-refractivity contribution in [2.75, 3.05) is 12.4 Å². The molecule has 1 aliphatic carbocycles. The molecule has 1 saturated carbocycles. The monoisotopic (exact) mass is 474 g/mol. The number of methoxy groups -OCH3 is 1. The highest BCUT2D eigenvalue weighted by molar-refractivity contribution is 7.87. The molecule has 0 spiro atoms. The molecular formula is C24H30N2O6S. The Morgan fingerprint density at radius 1 is 1.09 bits per heavy atom. The van der Waals surface area contributed by atoms with E-state index in [1.807, 2.05) is 18.7 Å². The van der Waals surface area contributed by atoms with Crippen LogP contribution in [0.2, 0.25) is 0 Å². The van der Waals surface area contributed by atoms with Gasteiger partial charge in [-0.1, -0.05) is 12.5 Å². The summed E-state index contributed by atoms with van der Waals surface area (Å²) in [6.07, 6.45) is 2.91. The van der Waals surface area contributed by atoms with Gasteiger partial charge in [-0.05, 0) is 68.7 Å². The van der Waals surface area contributed by atoms with E-state index in [1.165, 1.54) is 38.3 Å². The molecule has 1 aliphatic rings. The molecule has 0 unspecified atom stereocenters. The van der Waals surface area contributed by atoms with Gasteiger partial charge in [0.2, 0.25) is 11.8 Å². The van der Waals surface area contributed by atoms with Crippen LogP contribution < -0.4 is 14.2 Å². The predicted molar refractivity (Wildman–Crippen MR) is 125 cm³/mol. The largest absolute Gasteiger partial charge is 0.493 e. The summed E-state index contributed by atoms with van der Waals surface area (Å²) in [7, 11) is -2.72. The normalized spacial score (nSPS) is 13.8. The van der Waals surface area contributed by atoms with Gasteiger partial charge in [-0.3, -0.25) is 9.59 Å². The van der Waals surface area contributed by atoms with E-state index in [-0.39, 0.29) is 40.2 Å². The lowest BCUT2D eigenvalue weighted by atomic mass is 9.84. The Morgan fingerprint density at radius 2 is 1.76 bits per heavy atom. The first-order chi connectivity index (χ1) is 15.6. The molecule has 2 amide bonds. The van der Waals surface area contributed by atoms with Crippen LogP contribution in [0.3, 0.4) is 0 Å². The summed E-state index contributed by atoms with van der Waals surface area (Å²) in [5, 5.41) is 2.58. The second kappa shape index (κ2) is 10.2. The smallest absolute Gasteiger partial charge is 0.339 e. The van der Waals surface area contributed by atoms with Crippen molar-refractivity contribution >= 4 is 27.6 Å². The van der Waals surface area contributed by atoms with E-state index in [1.54, 1.807) is 18.2 Å². The molecule has 33 heavy (non-hydrogen) atoms. The quantitative estimate of drug-likeness (QED) is 0.552. The Hall–Kier alpha value is -3.07. The zero-order valence-electron chi connectivity index (χ0n) is 19.3. The fourth-order valence-corrected chi connectivity index (χ4v) is 4.49. The van der Waals surface area contributed by atoms with E-state index in [4.69, 9.17) is 8.92 Å². The zero-order chi connectivity index (χ0) is 24.2. The number of benzene rings is 2. The number of anilines is 1. The van der Waals surface area contributed by atoms with Crippen LogP contribution >= 0.6 is 0 Å². The molecule has 0 aliphatic heterocycles. The van der Waals surface area contributed by atoms with Gasteiger partial charge in [-0.25, -0.2) is 0 Å². The fourth-order valence-electron chi connectivity index (χ4n) is 3.56. The molecule has 1 N–H and O–H groups in total. The van der Waals surface area contributed by atoms with Gasteiger partial charge in [-0.2, -0.15) is 8.42 Å². The van der Waals surface area contributed by atoms with Gasteiger partial charge < -0.3 is 19.1 Å². The third-order valence-electron chi connectivity index (χ3n) is 5.60. The van der Waals surface area contributed by atoms with E-state index in [0.29, 0.717) is 12.2 Å². The number of rotatable bonds is 9. The number of carbonyl (C=O) groups is 2. The Kier molecular flexibility index (Phi) is 7.63. The predicted octanol–water partition coefficient (Wildman–Crippen LogP) is 3.96. The maximum absolute atomic E-state index is 12.9. The Morgan fingerprint density at radius 3 is 2.27 bits per heavy atom. The van der Waals surface area contributed by atoms with Crippen LogP contribution in [0.5, 0.6) is 11.5 Å². The maximum atomic E-state index is 12.9. The van der Waals surface area contributed by atoms with Crippen molar-refractivity contribution < 1.29 is 26.9 Å². The van der Waals surface area contributed by atoms with Crippen molar-refractivity contribution in [3.8, 4) is 11.5 Å². The van der Waals surface area contributed by atoms with Crippen molar-refractivity contribution in [2.45, 2.75) is 57.5 Å². The summed E-state index contributed by atoms with van der Waals surface area (Å²) >= 11 is 0. The Bertz CT molecular complexity index is 1110. The highest BCUT2D eigenvalue weighted by atomic mass is 32.2. The number of hydrogen-bond donors (Lipinski definition) is 1. The average Bonchev–Trinajstić information content (AvgIpc) is 2.70. The summed E-state index contributed by atoms with van der Waals surface area (Å²) in [5.74, 6) is 0.248. The molecule has 178 valence electrons. The minimum atomic E-state index is -4.15. The van der Waals surface area contributed by atoms with Gasteiger partial charge in [0.25, 0.3) is 0 Å². The molecule has 2 aromatic rings. The third kappa shape index (κ3) is 6.04. The third-order valence-corrected chi connectivity index (χ3v) is 6.85. The highest BCUT2D eigenvalue weighted by Crippen LogP contribution is 2.33. The zero-order valence-corrected chi connectivity index (χ0v) is 20.1. The molecule has 8 nitrogen and oxygen atoms in total. The molecule has 0 atom stereocenters. The molecule has 0 aromatic heterocycles. The van der Waals surface area contributed by atoms with Crippen LogP contribution in [0.1, 0.15) is 45.6 Å². The fraction of sp³-hybridized carbons (Fsp3) is 0.417. The summed E-state index contributed by atoms with van der Waals surface area (Å²) in [6, 6.07) is 10.7. The van der Waals surface area contributed by atoms with Gasteiger partial charge in [0, 0.05) is 31.1 Å². The first kappa shape index (κ1) is 24.6. The highest BCUT2D eigenvalue weighted by Gasteiger charge is 2.31. The molecule has 0 bridgehead atoms. The number of nitrogens with one attached hydrogen (secondary N) is 1. The van der Waals surface area contributed by atoms with Gasteiger partial charge in [0.05, 0.1) is 7.11 Å². The van der Waals surface area contributed by atoms with Gasteiger partial charge in [-0.15, -0.1) is 0 Å².